The van der Waals surface area contributed by atoms with E-state index in [9.17, 15) is 8.42 Å². The number of nitrogens with one attached hydrogen (secondary N) is 1. The van der Waals surface area contributed by atoms with Gasteiger partial charge >= 0.3 is 0 Å². The van der Waals surface area contributed by atoms with E-state index in [1.807, 2.05) is 0 Å². The van der Waals surface area contributed by atoms with Crippen LogP contribution in [0.3, 0.4) is 0 Å². The number of aliphatic hydroxyl groups excluding tert-OH is 1. The van der Waals surface area contributed by atoms with Gasteiger partial charge < -0.3 is 5.11 Å². The third-order valence-electron chi connectivity index (χ3n) is 1.71. The smallest absolute Gasteiger partial charge is 0.232 e. The van der Waals surface area contributed by atoms with E-state index in [1.165, 1.54) is 0 Å². The predicted octanol–water partition coefficient (Wildman–Crippen LogP) is 1.57. The van der Waals surface area contributed by atoms with Gasteiger partial charge in [0.25, 0.3) is 0 Å². The number of anilines is 1. The molecule has 0 aliphatic carbocycles. The molecule has 0 aliphatic rings. The van der Waals surface area contributed by atoms with Crippen molar-refractivity contribution in [3.63, 3.8) is 0 Å². The molecule has 0 saturated carbocycles. The molecular weight excluding hydrogens is 282 g/mol. The third kappa shape index (κ3) is 4.19. The maximum atomic E-state index is 11.5. The summed E-state index contributed by atoms with van der Waals surface area (Å²) in [5.41, 5.74) is 0.510. The van der Waals surface area contributed by atoms with Crippen molar-refractivity contribution in [2.24, 2.45) is 0 Å². The van der Waals surface area contributed by atoms with Crippen molar-refractivity contribution in [3.05, 3.63) is 28.7 Å². The Balaban J connectivity index is 2.74. The van der Waals surface area contributed by atoms with Crippen LogP contribution in [0.4, 0.5) is 5.69 Å². The molecule has 0 radical (unpaired) electrons. The summed E-state index contributed by atoms with van der Waals surface area (Å²) in [4.78, 5) is 0. The first-order valence-electron chi connectivity index (χ1n) is 4.41. The van der Waals surface area contributed by atoms with Gasteiger partial charge in [0.1, 0.15) is 0 Å². The van der Waals surface area contributed by atoms with Gasteiger partial charge in [-0.25, -0.2) is 8.42 Å². The number of hydrogen-bond donors (Lipinski definition) is 2. The Bertz CT molecular complexity index is 419. The van der Waals surface area contributed by atoms with Crippen molar-refractivity contribution in [1.29, 1.82) is 0 Å². The van der Waals surface area contributed by atoms with E-state index < -0.39 is 10.0 Å². The van der Waals surface area contributed by atoms with Crippen LogP contribution in [-0.2, 0) is 10.0 Å². The molecule has 0 unspecified atom stereocenters. The van der Waals surface area contributed by atoms with Gasteiger partial charge in [0.2, 0.25) is 10.0 Å². The van der Waals surface area contributed by atoms with E-state index in [-0.39, 0.29) is 18.8 Å². The Morgan fingerprint density at radius 2 is 2.00 bits per heavy atom. The fourth-order valence-electron chi connectivity index (χ4n) is 1.02. The predicted molar refractivity (Wildman–Crippen MR) is 63.3 cm³/mol. The summed E-state index contributed by atoms with van der Waals surface area (Å²) in [6.45, 7) is -0.128. The van der Waals surface area contributed by atoms with Crippen LogP contribution >= 0.6 is 15.9 Å². The van der Waals surface area contributed by atoms with Gasteiger partial charge in [0.05, 0.1) is 11.4 Å². The van der Waals surface area contributed by atoms with Gasteiger partial charge in [-0.15, -0.1) is 0 Å². The van der Waals surface area contributed by atoms with Crippen LogP contribution in [0.25, 0.3) is 0 Å². The Morgan fingerprint density at radius 3 is 2.60 bits per heavy atom. The van der Waals surface area contributed by atoms with E-state index in [4.69, 9.17) is 5.11 Å². The van der Waals surface area contributed by atoms with E-state index in [0.29, 0.717) is 10.2 Å². The second kappa shape index (κ2) is 5.48. The van der Waals surface area contributed by atoms with Gasteiger partial charge in [-0.2, -0.15) is 0 Å². The molecule has 0 heterocycles. The van der Waals surface area contributed by atoms with Crippen molar-refractivity contribution in [2.45, 2.75) is 6.42 Å². The highest BCUT2D eigenvalue weighted by Gasteiger charge is 2.10. The summed E-state index contributed by atoms with van der Waals surface area (Å²) >= 11 is 3.24. The number of halogens is 1. The second-order valence-corrected chi connectivity index (χ2v) is 5.67. The third-order valence-corrected chi connectivity index (χ3v) is 3.76. The Hall–Kier alpha value is -0.590. The molecule has 84 valence electrons. The second-order valence-electron chi connectivity index (χ2n) is 2.98. The molecule has 6 heteroatoms. The van der Waals surface area contributed by atoms with Gasteiger partial charge in [0.15, 0.2) is 0 Å². The lowest BCUT2D eigenvalue weighted by atomic mass is 10.3. The summed E-state index contributed by atoms with van der Waals surface area (Å²) in [6.07, 6.45) is 0.236. The molecule has 0 atom stereocenters. The molecule has 1 aromatic rings. The van der Waals surface area contributed by atoms with Crippen LogP contribution < -0.4 is 4.72 Å². The topological polar surface area (TPSA) is 66.4 Å². The first kappa shape index (κ1) is 12.5. The fraction of sp³-hybridized carbons (Fsp3) is 0.333. The average molecular weight is 294 g/mol. The molecule has 1 rings (SSSR count). The number of rotatable bonds is 5. The fourth-order valence-corrected chi connectivity index (χ4v) is 2.66. The van der Waals surface area contributed by atoms with Crippen molar-refractivity contribution < 1.29 is 13.5 Å². The van der Waals surface area contributed by atoms with Crippen molar-refractivity contribution in [2.75, 3.05) is 17.1 Å². The lowest BCUT2D eigenvalue weighted by Crippen LogP contribution is -2.17. The largest absolute Gasteiger partial charge is 0.396 e. The summed E-state index contributed by atoms with van der Waals surface area (Å²) in [6, 6.07) is 6.97. The van der Waals surface area contributed by atoms with Crippen LogP contribution in [0.1, 0.15) is 6.42 Å². The highest BCUT2D eigenvalue weighted by Crippen LogP contribution is 2.22. The first-order valence-corrected chi connectivity index (χ1v) is 6.85. The highest BCUT2D eigenvalue weighted by molar-refractivity contribution is 9.10. The molecule has 0 saturated heterocycles. The standard InChI is InChI=1S/C9H12BrNO3S/c10-8-4-1-2-5-9(8)11-15(13,14)7-3-6-12/h1-2,4-5,11-12H,3,6-7H2. The summed E-state index contributed by atoms with van der Waals surface area (Å²) in [7, 11) is -3.36. The van der Waals surface area contributed by atoms with Crippen molar-refractivity contribution in [3.8, 4) is 0 Å². The number of aliphatic hydroxyl groups is 1. The molecule has 15 heavy (non-hydrogen) atoms. The Morgan fingerprint density at radius 1 is 1.33 bits per heavy atom. The molecular formula is C9H12BrNO3S. The Labute approximate surface area is 97.5 Å². The van der Waals surface area contributed by atoms with Crippen LogP contribution in [-0.4, -0.2) is 25.9 Å². The first-order chi connectivity index (χ1) is 7.05. The summed E-state index contributed by atoms with van der Waals surface area (Å²) in [5, 5.41) is 8.55. The zero-order valence-electron chi connectivity index (χ0n) is 7.98. The van der Waals surface area contributed by atoms with Crippen molar-refractivity contribution in [1.82, 2.24) is 0 Å². The van der Waals surface area contributed by atoms with Gasteiger partial charge in [-0.1, -0.05) is 12.1 Å². The van der Waals surface area contributed by atoms with Crippen LogP contribution in [0.15, 0.2) is 28.7 Å². The summed E-state index contributed by atoms with van der Waals surface area (Å²) < 4.78 is 26.1. The monoisotopic (exact) mass is 293 g/mol. The lowest BCUT2D eigenvalue weighted by Gasteiger charge is -2.08. The molecule has 0 fully saturated rings. The van der Waals surface area contributed by atoms with E-state index in [1.54, 1.807) is 24.3 Å². The number of sulfonamides is 1. The number of para-hydroxylation sites is 1. The average Bonchev–Trinajstić information content (AvgIpc) is 2.18. The zero-order chi connectivity index (χ0) is 11.3. The maximum Gasteiger partial charge on any atom is 0.232 e. The maximum absolute atomic E-state index is 11.5. The van der Waals surface area contributed by atoms with Crippen LogP contribution in [0.5, 0.6) is 0 Å². The molecule has 0 spiro atoms. The van der Waals surface area contributed by atoms with Gasteiger partial charge in [-0.3, -0.25) is 4.72 Å². The minimum absolute atomic E-state index is 0.0785. The van der Waals surface area contributed by atoms with Gasteiger partial charge in [0, 0.05) is 11.1 Å². The highest BCUT2D eigenvalue weighted by atomic mass is 79.9. The number of hydrogen-bond acceptors (Lipinski definition) is 3. The van der Waals surface area contributed by atoms with E-state index in [2.05, 4.69) is 20.7 Å². The summed E-state index contributed by atoms with van der Waals surface area (Å²) in [5.74, 6) is -0.0785. The molecule has 4 nitrogen and oxygen atoms in total. The van der Waals surface area contributed by atoms with E-state index >= 15 is 0 Å². The molecule has 2 N–H and O–H groups in total. The zero-order valence-corrected chi connectivity index (χ0v) is 10.4. The molecule has 0 amide bonds. The normalized spacial score (nSPS) is 11.3. The minimum Gasteiger partial charge on any atom is -0.396 e. The quantitative estimate of drug-likeness (QED) is 0.866. The number of benzene rings is 1. The van der Waals surface area contributed by atoms with Crippen molar-refractivity contribution >= 4 is 31.6 Å². The molecule has 0 aliphatic heterocycles. The Kier molecular flexibility index (Phi) is 4.56. The lowest BCUT2D eigenvalue weighted by molar-refractivity contribution is 0.295. The SMILES string of the molecule is O=S(=O)(CCCO)Nc1ccccc1Br. The van der Waals surface area contributed by atoms with Crippen LogP contribution in [0.2, 0.25) is 0 Å². The van der Waals surface area contributed by atoms with E-state index in [0.717, 1.165) is 0 Å². The van der Waals surface area contributed by atoms with Crippen LogP contribution in [0, 0.1) is 0 Å². The molecule has 1 aromatic carbocycles. The van der Waals surface area contributed by atoms with Gasteiger partial charge in [-0.05, 0) is 34.5 Å². The molecule has 0 bridgehead atoms. The molecule has 0 aromatic heterocycles. The minimum atomic E-state index is -3.36.